The number of carbonyl (C=O) groups excluding carboxylic acids is 1. The third-order valence-corrected chi connectivity index (χ3v) is 3.67. The van der Waals surface area contributed by atoms with E-state index in [9.17, 15) is 17.6 Å². The van der Waals surface area contributed by atoms with Crippen LogP contribution in [0.4, 0.5) is 4.39 Å². The summed E-state index contributed by atoms with van der Waals surface area (Å²) in [5.74, 6) is -1.36. The molecule has 0 fully saturated rings. The number of nitrogens with one attached hydrogen (secondary N) is 1. The molecule has 0 radical (unpaired) electrons. The van der Waals surface area contributed by atoms with Crippen LogP contribution < -0.4 is 10.5 Å². The molecule has 1 aromatic carbocycles. The van der Waals surface area contributed by atoms with Crippen LogP contribution in [0, 0.1) is 5.82 Å². The topological polar surface area (TPSA) is 98.5 Å². The van der Waals surface area contributed by atoms with Gasteiger partial charge in [0, 0.05) is 25.8 Å². The molecule has 0 spiro atoms. The van der Waals surface area contributed by atoms with Gasteiger partial charge in [-0.1, -0.05) is 0 Å². The summed E-state index contributed by atoms with van der Waals surface area (Å²) in [5.41, 5.74) is -0.0732. The summed E-state index contributed by atoms with van der Waals surface area (Å²) in [6.07, 6.45) is 2.54. The summed E-state index contributed by atoms with van der Waals surface area (Å²) in [7, 11) is -2.43. The van der Waals surface area contributed by atoms with Crippen LogP contribution in [-0.4, -0.2) is 34.6 Å². The zero-order valence-electron chi connectivity index (χ0n) is 11.8. The lowest BCUT2D eigenvalue weighted by atomic mass is 10.2. The molecule has 8 heteroatoms. The maximum Gasteiger partial charge on any atom is 0.251 e. The highest BCUT2D eigenvalue weighted by Gasteiger charge is 2.14. The molecule has 0 bridgehead atoms. The molecular formula is C13H19FN2O4S. The number of rotatable bonds is 8. The van der Waals surface area contributed by atoms with E-state index in [1.54, 1.807) is 7.11 Å². The molecule has 1 amide bonds. The summed E-state index contributed by atoms with van der Waals surface area (Å²) in [5, 5.41) is 7.52. The minimum absolute atomic E-state index is 0.0732. The monoisotopic (exact) mass is 318 g/mol. The molecule has 21 heavy (non-hydrogen) atoms. The number of halogens is 1. The zero-order valence-corrected chi connectivity index (χ0v) is 12.6. The zero-order chi connectivity index (χ0) is 15.9. The fourth-order valence-corrected chi connectivity index (χ4v) is 2.28. The van der Waals surface area contributed by atoms with Crippen molar-refractivity contribution in [1.29, 1.82) is 0 Å². The molecule has 0 saturated heterocycles. The van der Waals surface area contributed by atoms with Crippen molar-refractivity contribution in [3.63, 3.8) is 0 Å². The Balaban J connectivity index is 2.60. The smallest absolute Gasteiger partial charge is 0.251 e. The number of hydrogen-bond acceptors (Lipinski definition) is 4. The Bertz CT molecular complexity index is 590. The number of ether oxygens (including phenoxy) is 1. The van der Waals surface area contributed by atoms with E-state index in [2.05, 4.69) is 5.32 Å². The van der Waals surface area contributed by atoms with Gasteiger partial charge in [0.05, 0.1) is 4.90 Å². The highest BCUT2D eigenvalue weighted by molar-refractivity contribution is 7.89. The van der Waals surface area contributed by atoms with Crippen molar-refractivity contribution < 1.29 is 22.3 Å². The molecule has 3 N–H and O–H groups in total. The van der Waals surface area contributed by atoms with Gasteiger partial charge in [-0.15, -0.1) is 0 Å². The second kappa shape index (κ2) is 8.06. The molecule has 0 saturated carbocycles. The fraction of sp³-hybridized carbons (Fsp3) is 0.462. The number of hydrogen-bond donors (Lipinski definition) is 2. The molecule has 118 valence electrons. The van der Waals surface area contributed by atoms with Crippen molar-refractivity contribution >= 4 is 15.9 Å². The van der Waals surface area contributed by atoms with E-state index in [1.807, 2.05) is 0 Å². The lowest BCUT2D eigenvalue weighted by molar-refractivity contribution is 0.0952. The second-order valence-corrected chi connectivity index (χ2v) is 6.09. The molecular weight excluding hydrogens is 299 g/mol. The molecule has 0 aliphatic rings. The van der Waals surface area contributed by atoms with Crippen molar-refractivity contribution in [2.75, 3.05) is 20.3 Å². The standard InChI is InChI=1S/C13H19FN2O4S/c1-20-6-4-2-3-5-16-13(17)10-7-11(14)9-12(8-10)21(15,18)19/h7-9H,2-6H2,1H3,(H,16,17)(H2,15,18,19). The third kappa shape index (κ3) is 6.19. The number of methoxy groups -OCH3 is 1. The van der Waals surface area contributed by atoms with Crippen molar-refractivity contribution in [1.82, 2.24) is 5.32 Å². The van der Waals surface area contributed by atoms with Gasteiger partial charge in [-0.2, -0.15) is 0 Å². The van der Waals surface area contributed by atoms with Gasteiger partial charge in [-0.05, 0) is 37.5 Å². The van der Waals surface area contributed by atoms with Gasteiger partial charge in [0.25, 0.3) is 5.91 Å². The SMILES string of the molecule is COCCCCCNC(=O)c1cc(F)cc(S(N)(=O)=O)c1. The first-order valence-electron chi connectivity index (χ1n) is 6.45. The summed E-state index contributed by atoms with van der Waals surface area (Å²) < 4.78 is 40.6. The van der Waals surface area contributed by atoms with Gasteiger partial charge >= 0.3 is 0 Å². The first-order chi connectivity index (χ1) is 9.84. The van der Waals surface area contributed by atoms with Crippen molar-refractivity contribution in [2.45, 2.75) is 24.2 Å². The Morgan fingerprint density at radius 1 is 1.29 bits per heavy atom. The summed E-state index contributed by atoms with van der Waals surface area (Å²) in [4.78, 5) is 11.4. The van der Waals surface area contributed by atoms with E-state index in [0.29, 0.717) is 13.2 Å². The lowest BCUT2D eigenvalue weighted by Crippen LogP contribution is -2.25. The molecule has 0 heterocycles. The van der Waals surface area contributed by atoms with Crippen LogP contribution >= 0.6 is 0 Å². The van der Waals surface area contributed by atoms with Crippen molar-refractivity contribution in [2.24, 2.45) is 5.14 Å². The number of carbonyl (C=O) groups is 1. The van der Waals surface area contributed by atoms with Crippen molar-refractivity contribution in [3.8, 4) is 0 Å². The number of sulfonamides is 1. The maximum atomic E-state index is 13.3. The van der Waals surface area contributed by atoms with Crippen LogP contribution in [0.1, 0.15) is 29.6 Å². The second-order valence-electron chi connectivity index (χ2n) is 4.53. The predicted octanol–water partition coefficient (Wildman–Crippen LogP) is 1.02. The van der Waals surface area contributed by atoms with Crippen LogP contribution in [-0.2, 0) is 14.8 Å². The van der Waals surface area contributed by atoms with E-state index in [4.69, 9.17) is 9.88 Å². The van der Waals surface area contributed by atoms with Gasteiger partial charge in [-0.25, -0.2) is 17.9 Å². The average molecular weight is 318 g/mol. The first-order valence-corrected chi connectivity index (χ1v) is 8.00. The van der Waals surface area contributed by atoms with E-state index < -0.39 is 26.6 Å². The molecule has 0 aliphatic heterocycles. The first kappa shape index (κ1) is 17.5. The number of amides is 1. The van der Waals surface area contributed by atoms with E-state index in [0.717, 1.165) is 37.5 Å². The summed E-state index contributed by atoms with van der Waals surface area (Å²) in [6.45, 7) is 1.08. The highest BCUT2D eigenvalue weighted by Crippen LogP contribution is 2.13. The van der Waals surface area contributed by atoms with E-state index in [-0.39, 0.29) is 5.56 Å². The Morgan fingerprint density at radius 3 is 2.62 bits per heavy atom. The molecule has 1 rings (SSSR count). The number of benzene rings is 1. The van der Waals surface area contributed by atoms with Gasteiger partial charge < -0.3 is 10.1 Å². The molecule has 0 aromatic heterocycles. The van der Waals surface area contributed by atoms with Crippen LogP contribution in [0.15, 0.2) is 23.1 Å². The minimum Gasteiger partial charge on any atom is -0.385 e. The number of unbranched alkanes of at least 4 members (excludes halogenated alkanes) is 2. The molecule has 0 unspecified atom stereocenters. The van der Waals surface area contributed by atoms with Gasteiger partial charge in [0.1, 0.15) is 5.82 Å². The Kier molecular flexibility index (Phi) is 6.73. The number of nitrogens with two attached hydrogens (primary N) is 1. The van der Waals surface area contributed by atoms with Gasteiger partial charge in [0.15, 0.2) is 0 Å². The summed E-state index contributed by atoms with van der Waals surface area (Å²) >= 11 is 0. The Hall–Kier alpha value is -1.51. The van der Waals surface area contributed by atoms with Gasteiger partial charge in [0.2, 0.25) is 10.0 Å². The largest absolute Gasteiger partial charge is 0.385 e. The van der Waals surface area contributed by atoms with Crippen LogP contribution in [0.3, 0.4) is 0 Å². The average Bonchev–Trinajstić information content (AvgIpc) is 2.40. The molecule has 6 nitrogen and oxygen atoms in total. The molecule has 1 aromatic rings. The number of primary sulfonamides is 1. The normalized spacial score (nSPS) is 11.4. The van der Waals surface area contributed by atoms with Crippen LogP contribution in [0.2, 0.25) is 0 Å². The van der Waals surface area contributed by atoms with E-state index in [1.165, 1.54) is 0 Å². The molecule has 0 atom stereocenters. The lowest BCUT2D eigenvalue weighted by Gasteiger charge is -2.07. The molecule has 0 aliphatic carbocycles. The predicted molar refractivity (Wildman–Crippen MR) is 75.8 cm³/mol. The minimum atomic E-state index is -4.05. The van der Waals surface area contributed by atoms with E-state index >= 15 is 0 Å². The quantitative estimate of drug-likeness (QED) is 0.699. The Morgan fingerprint density at radius 2 is 2.00 bits per heavy atom. The fourth-order valence-electron chi connectivity index (χ4n) is 1.71. The third-order valence-electron chi connectivity index (χ3n) is 2.77. The van der Waals surface area contributed by atoms with Crippen molar-refractivity contribution in [3.05, 3.63) is 29.6 Å². The van der Waals surface area contributed by atoms with Crippen LogP contribution in [0.5, 0.6) is 0 Å². The van der Waals surface area contributed by atoms with Gasteiger partial charge in [-0.3, -0.25) is 4.79 Å². The Labute approximate surface area is 123 Å². The maximum absolute atomic E-state index is 13.3. The summed E-state index contributed by atoms with van der Waals surface area (Å²) in [6, 6.07) is 2.80. The highest BCUT2D eigenvalue weighted by atomic mass is 32.2. The van der Waals surface area contributed by atoms with Crippen LogP contribution in [0.25, 0.3) is 0 Å².